The highest BCUT2D eigenvalue weighted by Gasteiger charge is 2.29. The minimum Gasteiger partial charge on any atom is -0.481 e. The standard InChI is InChI=1S/C28H28N2O5/c1-30(17-16-27(32)33)26(31)15-12-19-10-13-20(14-11-19)29-28(34)35-18-25-23-8-4-2-6-21(23)22-7-3-5-9-24(22)25/h2-11,13-14,25H,12,15-18H2,1H3,(H,29,34)(H,32,33). The van der Waals surface area contributed by atoms with Gasteiger partial charge in [0, 0.05) is 31.6 Å². The van der Waals surface area contributed by atoms with Crippen LogP contribution >= 0.6 is 0 Å². The van der Waals surface area contributed by atoms with Crippen LogP contribution in [-0.4, -0.2) is 48.2 Å². The zero-order valence-corrected chi connectivity index (χ0v) is 19.6. The molecule has 180 valence electrons. The van der Waals surface area contributed by atoms with Crippen molar-refractivity contribution in [1.29, 1.82) is 0 Å². The Labute approximate surface area is 204 Å². The number of rotatable bonds is 9. The first-order valence-corrected chi connectivity index (χ1v) is 11.6. The van der Waals surface area contributed by atoms with Crippen LogP contribution in [-0.2, 0) is 20.7 Å². The Bertz CT molecular complexity index is 1180. The lowest BCUT2D eigenvalue weighted by atomic mass is 9.98. The lowest BCUT2D eigenvalue weighted by Crippen LogP contribution is -2.29. The van der Waals surface area contributed by atoms with Gasteiger partial charge in [-0.25, -0.2) is 4.79 Å². The van der Waals surface area contributed by atoms with Crippen molar-refractivity contribution in [2.75, 3.05) is 25.5 Å². The highest BCUT2D eigenvalue weighted by molar-refractivity contribution is 5.85. The maximum Gasteiger partial charge on any atom is 0.411 e. The number of carboxylic acids is 1. The topological polar surface area (TPSA) is 95.9 Å². The quantitative estimate of drug-likeness (QED) is 0.461. The summed E-state index contributed by atoms with van der Waals surface area (Å²) in [6.45, 7) is 0.437. The fourth-order valence-electron chi connectivity index (χ4n) is 4.34. The minimum atomic E-state index is -0.927. The van der Waals surface area contributed by atoms with E-state index in [2.05, 4.69) is 29.6 Å². The van der Waals surface area contributed by atoms with Gasteiger partial charge in [0.25, 0.3) is 0 Å². The second-order valence-corrected chi connectivity index (χ2v) is 8.61. The summed E-state index contributed by atoms with van der Waals surface area (Å²) >= 11 is 0. The molecule has 1 aliphatic rings. The number of anilines is 1. The van der Waals surface area contributed by atoms with Gasteiger partial charge < -0.3 is 14.7 Å². The van der Waals surface area contributed by atoms with Crippen molar-refractivity contribution in [2.45, 2.75) is 25.2 Å². The van der Waals surface area contributed by atoms with Crippen molar-refractivity contribution in [1.82, 2.24) is 4.90 Å². The highest BCUT2D eigenvalue weighted by atomic mass is 16.5. The first kappa shape index (κ1) is 24.0. The van der Waals surface area contributed by atoms with Gasteiger partial charge in [-0.1, -0.05) is 60.7 Å². The van der Waals surface area contributed by atoms with Crippen LogP contribution in [0.4, 0.5) is 10.5 Å². The molecular weight excluding hydrogens is 444 g/mol. The molecule has 35 heavy (non-hydrogen) atoms. The smallest absolute Gasteiger partial charge is 0.411 e. The van der Waals surface area contributed by atoms with E-state index in [0.29, 0.717) is 12.1 Å². The number of carboxylic acid groups (broad SMARTS) is 1. The third-order valence-corrected chi connectivity index (χ3v) is 6.26. The predicted octanol–water partition coefficient (Wildman–Crippen LogP) is 4.91. The molecule has 0 unspecified atom stereocenters. The number of fused-ring (bicyclic) bond motifs is 3. The summed E-state index contributed by atoms with van der Waals surface area (Å²) < 4.78 is 5.58. The number of benzene rings is 3. The minimum absolute atomic E-state index is 0.00157. The lowest BCUT2D eigenvalue weighted by Gasteiger charge is -2.16. The van der Waals surface area contributed by atoms with Crippen LogP contribution in [0, 0.1) is 0 Å². The number of aliphatic carboxylic acids is 1. The molecule has 0 aromatic heterocycles. The summed E-state index contributed by atoms with van der Waals surface area (Å²) in [5.41, 5.74) is 6.24. The van der Waals surface area contributed by atoms with Gasteiger partial charge in [0.2, 0.25) is 5.91 Å². The highest BCUT2D eigenvalue weighted by Crippen LogP contribution is 2.44. The molecule has 2 N–H and O–H groups in total. The zero-order valence-electron chi connectivity index (χ0n) is 19.6. The Morgan fingerprint density at radius 3 is 2.09 bits per heavy atom. The van der Waals surface area contributed by atoms with E-state index in [0.717, 1.165) is 16.7 Å². The Balaban J connectivity index is 1.27. The third-order valence-electron chi connectivity index (χ3n) is 6.26. The van der Waals surface area contributed by atoms with Crippen molar-refractivity contribution in [2.24, 2.45) is 0 Å². The van der Waals surface area contributed by atoms with Gasteiger partial charge >= 0.3 is 12.1 Å². The third kappa shape index (κ3) is 5.87. The number of carbonyl (C=O) groups is 3. The molecule has 7 heteroatoms. The molecule has 0 fully saturated rings. The molecule has 2 amide bonds. The van der Waals surface area contributed by atoms with Crippen LogP contribution in [0.2, 0.25) is 0 Å². The number of amides is 2. The molecule has 0 bridgehead atoms. The number of hydrogen-bond donors (Lipinski definition) is 2. The van der Waals surface area contributed by atoms with Crippen LogP contribution in [0.5, 0.6) is 0 Å². The monoisotopic (exact) mass is 472 g/mol. The van der Waals surface area contributed by atoms with E-state index in [9.17, 15) is 14.4 Å². The van der Waals surface area contributed by atoms with Crippen molar-refractivity contribution in [3.63, 3.8) is 0 Å². The molecule has 0 aliphatic heterocycles. The molecule has 0 saturated heterocycles. The molecule has 3 aromatic rings. The molecule has 0 atom stereocenters. The van der Waals surface area contributed by atoms with Crippen molar-refractivity contribution >= 4 is 23.7 Å². The molecule has 7 nitrogen and oxygen atoms in total. The Morgan fingerprint density at radius 2 is 1.49 bits per heavy atom. The number of aryl methyl sites for hydroxylation is 1. The summed E-state index contributed by atoms with van der Waals surface area (Å²) in [6.07, 6.45) is 0.227. The maximum absolute atomic E-state index is 12.5. The van der Waals surface area contributed by atoms with E-state index in [4.69, 9.17) is 9.84 Å². The zero-order chi connectivity index (χ0) is 24.8. The van der Waals surface area contributed by atoms with Crippen LogP contribution in [0.15, 0.2) is 72.8 Å². The largest absolute Gasteiger partial charge is 0.481 e. The van der Waals surface area contributed by atoms with E-state index >= 15 is 0 Å². The van der Waals surface area contributed by atoms with Crippen LogP contribution in [0.3, 0.4) is 0 Å². The summed E-state index contributed by atoms with van der Waals surface area (Å²) in [6, 6.07) is 23.6. The van der Waals surface area contributed by atoms with E-state index < -0.39 is 12.1 Å². The number of hydrogen-bond acceptors (Lipinski definition) is 4. The van der Waals surface area contributed by atoms with Crippen LogP contribution < -0.4 is 5.32 Å². The molecule has 0 heterocycles. The summed E-state index contributed by atoms with van der Waals surface area (Å²) in [7, 11) is 1.60. The Morgan fingerprint density at radius 1 is 0.886 bits per heavy atom. The second-order valence-electron chi connectivity index (χ2n) is 8.61. The maximum atomic E-state index is 12.5. The fraction of sp³-hybridized carbons (Fsp3) is 0.250. The molecule has 0 saturated carbocycles. The van der Waals surface area contributed by atoms with Gasteiger partial charge in [0.05, 0.1) is 6.42 Å². The van der Waals surface area contributed by atoms with Gasteiger partial charge in [-0.3, -0.25) is 14.9 Å². The molecule has 3 aromatic carbocycles. The van der Waals surface area contributed by atoms with E-state index in [-0.39, 0.29) is 37.8 Å². The van der Waals surface area contributed by atoms with Crippen molar-refractivity contribution in [3.05, 3.63) is 89.5 Å². The fourth-order valence-corrected chi connectivity index (χ4v) is 4.34. The Hall–Kier alpha value is -4.13. The summed E-state index contributed by atoms with van der Waals surface area (Å²) in [5.74, 6) is -1.03. The average molecular weight is 473 g/mol. The number of ether oxygens (including phenoxy) is 1. The van der Waals surface area contributed by atoms with Crippen LogP contribution in [0.25, 0.3) is 11.1 Å². The normalized spacial score (nSPS) is 11.9. The number of carbonyl (C=O) groups excluding carboxylic acids is 2. The van der Waals surface area contributed by atoms with Gasteiger partial charge in [0.15, 0.2) is 0 Å². The molecule has 0 spiro atoms. The van der Waals surface area contributed by atoms with E-state index in [1.165, 1.54) is 16.0 Å². The van der Waals surface area contributed by atoms with Gasteiger partial charge in [-0.15, -0.1) is 0 Å². The van der Waals surface area contributed by atoms with E-state index in [1.54, 1.807) is 19.2 Å². The summed E-state index contributed by atoms with van der Waals surface area (Å²) in [5, 5.41) is 11.5. The summed E-state index contributed by atoms with van der Waals surface area (Å²) in [4.78, 5) is 36.7. The molecular formula is C28H28N2O5. The first-order chi connectivity index (χ1) is 16.9. The van der Waals surface area contributed by atoms with Crippen LogP contribution in [0.1, 0.15) is 35.4 Å². The first-order valence-electron chi connectivity index (χ1n) is 11.6. The Kier molecular flexibility index (Phi) is 7.45. The number of nitrogens with one attached hydrogen (secondary N) is 1. The second kappa shape index (κ2) is 10.9. The predicted molar refractivity (Wildman–Crippen MR) is 133 cm³/mol. The lowest BCUT2D eigenvalue weighted by molar-refractivity contribution is -0.138. The molecule has 0 radical (unpaired) electrons. The number of nitrogens with zero attached hydrogens (tertiary/aromatic N) is 1. The average Bonchev–Trinajstić information content (AvgIpc) is 3.19. The van der Waals surface area contributed by atoms with Gasteiger partial charge in [0.1, 0.15) is 6.61 Å². The van der Waals surface area contributed by atoms with Gasteiger partial charge in [-0.2, -0.15) is 0 Å². The molecule has 4 rings (SSSR count). The SMILES string of the molecule is CN(CCC(=O)O)C(=O)CCc1ccc(NC(=O)OCC2c3ccccc3-c3ccccc32)cc1. The van der Waals surface area contributed by atoms with E-state index in [1.807, 2.05) is 36.4 Å². The van der Waals surface area contributed by atoms with Crippen molar-refractivity contribution in [3.8, 4) is 11.1 Å². The van der Waals surface area contributed by atoms with Crippen molar-refractivity contribution < 1.29 is 24.2 Å². The molecule has 1 aliphatic carbocycles. The van der Waals surface area contributed by atoms with Gasteiger partial charge in [-0.05, 0) is 46.4 Å².